The number of carbonyl (C=O) groups excluding carboxylic acids is 2. The second kappa shape index (κ2) is 39.9. The number of phosphoric acid groups is 1. The van der Waals surface area contributed by atoms with E-state index in [0.717, 1.165) is 70.6 Å². The highest BCUT2D eigenvalue weighted by atomic mass is 31.2. The average molecular weight is 794 g/mol. The minimum absolute atomic E-state index is 0.00202. The van der Waals surface area contributed by atoms with Crippen molar-refractivity contribution >= 4 is 19.8 Å². The Kier molecular flexibility index (Phi) is 38.3. The van der Waals surface area contributed by atoms with Gasteiger partial charge in [0.25, 0.3) is 0 Å². The first kappa shape index (κ1) is 52.7. The quantitative estimate of drug-likeness (QED) is 0.0281. The predicted octanol–water partition coefficient (Wildman–Crippen LogP) is 12.3. The predicted molar refractivity (Wildman–Crippen MR) is 229 cm³/mol. The van der Waals surface area contributed by atoms with Crippen molar-refractivity contribution in [1.82, 2.24) is 4.90 Å². The zero-order valence-corrected chi connectivity index (χ0v) is 36.2. The van der Waals surface area contributed by atoms with Crippen LogP contribution in [0, 0.1) is 0 Å². The van der Waals surface area contributed by atoms with Crippen LogP contribution in [-0.2, 0) is 32.7 Å². The number of nitrogens with zero attached hydrogens (tertiary/aromatic N) is 1. The molecular weight excluding hydrogens is 713 g/mol. The number of carbonyl (C=O) groups is 2. The highest BCUT2D eigenvalue weighted by Crippen LogP contribution is 2.43. The summed E-state index contributed by atoms with van der Waals surface area (Å²) in [5.74, 6) is -0.853. The normalized spacial score (nSPS) is 14.0. The second-order valence-electron chi connectivity index (χ2n) is 14.5. The monoisotopic (exact) mass is 794 g/mol. The molecule has 0 fully saturated rings. The van der Waals surface area contributed by atoms with E-state index in [1.54, 1.807) is 0 Å². The molecule has 0 bridgehead atoms. The van der Waals surface area contributed by atoms with E-state index in [2.05, 4.69) is 74.6 Å². The number of rotatable bonds is 39. The Morgan fingerprint density at radius 1 is 0.564 bits per heavy atom. The molecule has 0 heterocycles. The van der Waals surface area contributed by atoms with Crippen molar-refractivity contribution in [1.29, 1.82) is 0 Å². The number of hydrogen-bond donors (Lipinski definition) is 1. The lowest BCUT2D eigenvalue weighted by molar-refractivity contribution is -0.161. The molecule has 2 unspecified atom stereocenters. The topological polar surface area (TPSA) is 112 Å². The number of unbranched alkanes of at least 4 members (excludes halogenated alkanes) is 15. The number of hydrogen-bond acceptors (Lipinski definition) is 8. The Bertz CT molecular complexity index is 1100. The van der Waals surface area contributed by atoms with Crippen LogP contribution in [0.5, 0.6) is 0 Å². The summed E-state index contributed by atoms with van der Waals surface area (Å²) in [6.45, 7) is 4.22. The summed E-state index contributed by atoms with van der Waals surface area (Å²) in [7, 11) is -0.736. The Hall–Kier alpha value is -2.29. The molecule has 10 heteroatoms. The van der Waals surface area contributed by atoms with E-state index < -0.39 is 32.5 Å². The number of allylic oxidation sites excluding steroid dienone is 10. The van der Waals surface area contributed by atoms with Crippen LogP contribution in [0.25, 0.3) is 0 Å². The Morgan fingerprint density at radius 2 is 0.982 bits per heavy atom. The summed E-state index contributed by atoms with van der Waals surface area (Å²) in [5.41, 5.74) is 0. The summed E-state index contributed by atoms with van der Waals surface area (Å²) >= 11 is 0. The second-order valence-corrected chi connectivity index (χ2v) is 16.0. The first-order valence-electron chi connectivity index (χ1n) is 21.6. The first-order valence-corrected chi connectivity index (χ1v) is 23.1. The number of esters is 2. The largest absolute Gasteiger partial charge is 0.472 e. The summed E-state index contributed by atoms with van der Waals surface area (Å²) in [6, 6.07) is 0. The van der Waals surface area contributed by atoms with Gasteiger partial charge >= 0.3 is 19.8 Å². The summed E-state index contributed by atoms with van der Waals surface area (Å²) in [4.78, 5) is 37.0. The Balaban J connectivity index is 4.37. The SMILES string of the molecule is CCCCC/C=C\C/C=C\C/C=C\C/C=C\CCCCCC(=O)OCC(COP(=O)(O)OCCN(C)C)OC(=O)CCCCCCC/C=C\CCCCCC. The maximum Gasteiger partial charge on any atom is 0.472 e. The molecule has 0 radical (unpaired) electrons. The molecule has 0 aromatic heterocycles. The van der Waals surface area contributed by atoms with Crippen molar-refractivity contribution in [2.24, 2.45) is 0 Å². The molecule has 1 N–H and O–H groups in total. The zero-order valence-electron chi connectivity index (χ0n) is 35.3. The van der Waals surface area contributed by atoms with Crippen LogP contribution in [0.2, 0.25) is 0 Å². The molecule has 0 spiro atoms. The van der Waals surface area contributed by atoms with Gasteiger partial charge in [-0.15, -0.1) is 0 Å². The van der Waals surface area contributed by atoms with E-state index in [1.807, 2.05) is 19.0 Å². The van der Waals surface area contributed by atoms with Gasteiger partial charge in [0.1, 0.15) is 6.61 Å². The van der Waals surface area contributed by atoms with Gasteiger partial charge in [0.05, 0.1) is 13.2 Å². The molecule has 9 nitrogen and oxygen atoms in total. The molecule has 0 aromatic carbocycles. The maximum atomic E-state index is 12.6. The average Bonchev–Trinajstić information content (AvgIpc) is 3.15. The van der Waals surface area contributed by atoms with Gasteiger partial charge in [-0.2, -0.15) is 0 Å². The maximum absolute atomic E-state index is 12.6. The summed E-state index contributed by atoms with van der Waals surface area (Å²) in [6.07, 6.45) is 45.5. The molecule has 0 saturated heterocycles. The third-order valence-electron chi connectivity index (χ3n) is 8.80. The molecule has 0 aliphatic carbocycles. The Morgan fingerprint density at radius 3 is 1.53 bits per heavy atom. The van der Waals surface area contributed by atoms with Gasteiger partial charge in [-0.1, -0.05) is 132 Å². The molecular formula is C45H80NO8P. The minimum atomic E-state index is -4.37. The summed E-state index contributed by atoms with van der Waals surface area (Å²) in [5, 5.41) is 0. The van der Waals surface area contributed by atoms with Crippen LogP contribution in [0.1, 0.15) is 168 Å². The molecule has 2 atom stereocenters. The van der Waals surface area contributed by atoms with Crippen molar-refractivity contribution in [3.05, 3.63) is 60.8 Å². The van der Waals surface area contributed by atoms with Gasteiger partial charge in [0.2, 0.25) is 0 Å². The molecule has 0 aromatic rings. The van der Waals surface area contributed by atoms with E-state index in [0.29, 0.717) is 19.4 Å². The van der Waals surface area contributed by atoms with E-state index in [1.165, 1.54) is 57.8 Å². The van der Waals surface area contributed by atoms with Gasteiger partial charge in [-0.3, -0.25) is 18.6 Å². The smallest absolute Gasteiger partial charge is 0.462 e. The van der Waals surface area contributed by atoms with Crippen molar-refractivity contribution in [3.8, 4) is 0 Å². The lowest BCUT2D eigenvalue weighted by atomic mass is 10.1. The number of likely N-dealkylation sites (N-methyl/N-ethyl adjacent to an activating group) is 1. The minimum Gasteiger partial charge on any atom is -0.462 e. The van der Waals surface area contributed by atoms with Crippen molar-refractivity contribution in [3.63, 3.8) is 0 Å². The first-order chi connectivity index (χ1) is 26.7. The lowest BCUT2D eigenvalue weighted by Crippen LogP contribution is -2.29. The van der Waals surface area contributed by atoms with Crippen molar-refractivity contribution in [2.45, 2.75) is 174 Å². The third kappa shape index (κ3) is 41.2. The fourth-order valence-electron chi connectivity index (χ4n) is 5.43. The zero-order chi connectivity index (χ0) is 40.5. The standard InChI is InChI=1S/C45H80NO8P/c1-5-7-9-11-13-15-17-19-20-21-22-23-24-26-27-29-31-33-35-37-44(47)51-41-43(42-53-55(49,50)52-40-39-46(3)4)54-45(48)38-36-34-32-30-28-25-18-16-14-12-10-8-6-2/h13,15-16,18-20,22-23,26-27,43H,5-12,14,17,21,24-25,28-42H2,1-4H3,(H,49,50)/b15-13-,18-16-,20-19-,23-22-,27-26-. The third-order valence-corrected chi connectivity index (χ3v) is 9.78. The molecule has 318 valence electrons. The van der Waals surface area contributed by atoms with Crippen LogP contribution in [0.4, 0.5) is 0 Å². The number of phosphoric ester groups is 1. The lowest BCUT2D eigenvalue weighted by Gasteiger charge is -2.20. The van der Waals surface area contributed by atoms with E-state index in [-0.39, 0.29) is 26.1 Å². The van der Waals surface area contributed by atoms with Crippen LogP contribution < -0.4 is 0 Å². The van der Waals surface area contributed by atoms with Crippen molar-refractivity contribution < 1.29 is 37.6 Å². The van der Waals surface area contributed by atoms with Gasteiger partial charge in [0, 0.05) is 19.4 Å². The van der Waals surface area contributed by atoms with E-state index in [9.17, 15) is 19.0 Å². The molecule has 0 saturated carbocycles. The van der Waals surface area contributed by atoms with Crippen LogP contribution in [0.3, 0.4) is 0 Å². The van der Waals surface area contributed by atoms with Gasteiger partial charge in [-0.25, -0.2) is 4.57 Å². The highest BCUT2D eigenvalue weighted by Gasteiger charge is 2.26. The molecule has 0 amide bonds. The van der Waals surface area contributed by atoms with Gasteiger partial charge in [0.15, 0.2) is 6.10 Å². The molecule has 0 aliphatic heterocycles. The summed E-state index contributed by atoms with van der Waals surface area (Å²) < 4.78 is 33.4. The highest BCUT2D eigenvalue weighted by molar-refractivity contribution is 7.47. The fourth-order valence-corrected chi connectivity index (χ4v) is 6.17. The fraction of sp³-hybridized carbons (Fsp3) is 0.733. The molecule has 0 rings (SSSR count). The van der Waals surface area contributed by atoms with Crippen LogP contribution >= 0.6 is 7.82 Å². The molecule has 0 aliphatic rings. The Labute approximate surface area is 336 Å². The number of ether oxygens (including phenoxy) is 2. The van der Waals surface area contributed by atoms with E-state index >= 15 is 0 Å². The van der Waals surface area contributed by atoms with Crippen molar-refractivity contribution in [2.75, 3.05) is 40.5 Å². The van der Waals surface area contributed by atoms with E-state index in [4.69, 9.17) is 18.5 Å². The van der Waals surface area contributed by atoms with Gasteiger partial charge in [-0.05, 0) is 97.6 Å². The molecule has 55 heavy (non-hydrogen) atoms. The van der Waals surface area contributed by atoms with Crippen LogP contribution in [0.15, 0.2) is 60.8 Å². The van der Waals surface area contributed by atoms with Crippen LogP contribution in [-0.4, -0.2) is 68.3 Å². The van der Waals surface area contributed by atoms with Gasteiger partial charge < -0.3 is 19.3 Å².